The van der Waals surface area contributed by atoms with Crippen molar-refractivity contribution < 1.29 is 18.8 Å². The molecule has 0 aliphatic rings. The van der Waals surface area contributed by atoms with E-state index in [1.165, 1.54) is 24.3 Å². The average Bonchev–Trinajstić information content (AvgIpc) is 2.49. The van der Waals surface area contributed by atoms with Gasteiger partial charge in [-0.25, -0.2) is 4.39 Å². The van der Waals surface area contributed by atoms with Crippen LogP contribution in [0.4, 0.5) is 15.8 Å². The highest BCUT2D eigenvalue weighted by Crippen LogP contribution is 2.28. The molecule has 6 nitrogen and oxygen atoms in total. The number of nitro benzene ring substituents is 1. The Kier molecular flexibility index (Phi) is 5.36. The van der Waals surface area contributed by atoms with Crippen molar-refractivity contribution in [3.8, 4) is 5.75 Å². The summed E-state index contributed by atoms with van der Waals surface area (Å²) in [5.74, 6) is -1.18. The maximum absolute atomic E-state index is 13.5. The van der Waals surface area contributed by atoms with Crippen molar-refractivity contribution in [2.75, 3.05) is 11.9 Å². The predicted octanol–water partition coefficient (Wildman–Crippen LogP) is 4.06. The van der Waals surface area contributed by atoms with Crippen molar-refractivity contribution in [1.82, 2.24) is 0 Å². The van der Waals surface area contributed by atoms with Gasteiger partial charge < -0.3 is 10.1 Å². The van der Waals surface area contributed by atoms with Gasteiger partial charge in [0.1, 0.15) is 11.6 Å². The lowest BCUT2D eigenvalue weighted by atomic mass is 10.3. The van der Waals surface area contributed by atoms with E-state index in [-0.39, 0.29) is 27.2 Å². The van der Waals surface area contributed by atoms with E-state index in [0.29, 0.717) is 0 Å². The van der Waals surface area contributed by atoms with Gasteiger partial charge in [-0.15, -0.1) is 0 Å². The Balaban J connectivity index is 1.99. The number of carbonyl (C=O) groups excluding carboxylic acids is 1. The number of amides is 1. The molecule has 0 atom stereocenters. The Hall–Kier alpha value is -2.38. The number of non-ortho nitro benzene ring substituents is 1. The molecule has 1 amide bonds. The maximum Gasteiger partial charge on any atom is 0.271 e. The first-order chi connectivity index (χ1) is 10.9. The fraction of sp³-hybridized carbons (Fsp3) is 0.0714. The zero-order chi connectivity index (χ0) is 17.0. The number of anilines is 1. The third-order valence-corrected chi connectivity index (χ3v) is 3.22. The van der Waals surface area contributed by atoms with Crippen LogP contribution in [-0.4, -0.2) is 17.4 Å². The number of hydrogen-bond acceptors (Lipinski definition) is 4. The van der Waals surface area contributed by atoms with Crippen LogP contribution in [0, 0.1) is 15.9 Å². The average molecular weight is 359 g/mol. The minimum atomic E-state index is -0.642. The van der Waals surface area contributed by atoms with E-state index in [9.17, 15) is 19.3 Å². The normalized spacial score (nSPS) is 10.2. The van der Waals surface area contributed by atoms with Crippen LogP contribution >= 0.6 is 23.2 Å². The predicted molar refractivity (Wildman–Crippen MR) is 83.6 cm³/mol. The van der Waals surface area contributed by atoms with Crippen molar-refractivity contribution in [3.05, 3.63) is 62.4 Å². The number of halogens is 3. The first-order valence-corrected chi connectivity index (χ1v) is 6.94. The number of benzene rings is 2. The van der Waals surface area contributed by atoms with Crippen LogP contribution in [0.2, 0.25) is 10.0 Å². The maximum atomic E-state index is 13.5. The van der Waals surface area contributed by atoms with Crippen LogP contribution in [0.15, 0.2) is 36.4 Å². The molecule has 0 spiro atoms. The molecule has 0 aliphatic heterocycles. The van der Waals surface area contributed by atoms with E-state index in [0.717, 1.165) is 12.1 Å². The highest BCUT2D eigenvalue weighted by molar-refractivity contribution is 6.32. The summed E-state index contributed by atoms with van der Waals surface area (Å²) in [6.45, 7) is -0.455. The Morgan fingerprint density at radius 2 is 2.00 bits per heavy atom. The molecule has 0 heterocycles. The second kappa shape index (κ2) is 7.26. The molecule has 2 aromatic carbocycles. The molecule has 23 heavy (non-hydrogen) atoms. The standard InChI is InChI=1S/C14H9Cl2FN2O4/c15-8-1-3-11(17)12(5-8)18-14(20)7-23-13-4-2-9(19(21)22)6-10(13)16/h1-6H,7H2,(H,18,20). The van der Waals surface area contributed by atoms with E-state index in [2.05, 4.69) is 5.32 Å². The third-order valence-electron chi connectivity index (χ3n) is 2.69. The minimum Gasteiger partial charge on any atom is -0.482 e. The van der Waals surface area contributed by atoms with Gasteiger partial charge in [0, 0.05) is 17.2 Å². The lowest BCUT2D eigenvalue weighted by Crippen LogP contribution is -2.20. The van der Waals surface area contributed by atoms with Crippen LogP contribution in [0.1, 0.15) is 0 Å². The zero-order valence-electron chi connectivity index (χ0n) is 11.4. The summed E-state index contributed by atoms with van der Waals surface area (Å²) in [5.41, 5.74) is -0.284. The third kappa shape index (κ3) is 4.54. The lowest BCUT2D eigenvalue weighted by Gasteiger charge is -2.09. The largest absolute Gasteiger partial charge is 0.482 e. The number of nitrogens with one attached hydrogen (secondary N) is 1. The Labute approximate surface area is 139 Å². The molecule has 1 N–H and O–H groups in total. The monoisotopic (exact) mass is 358 g/mol. The van der Waals surface area contributed by atoms with Gasteiger partial charge in [-0.1, -0.05) is 23.2 Å². The molecule has 2 rings (SSSR count). The molecule has 0 radical (unpaired) electrons. The summed E-state index contributed by atoms with van der Waals surface area (Å²) < 4.78 is 18.6. The Morgan fingerprint density at radius 3 is 2.65 bits per heavy atom. The quantitative estimate of drug-likeness (QED) is 0.645. The Bertz CT molecular complexity index is 770. The van der Waals surface area contributed by atoms with Crippen molar-refractivity contribution in [1.29, 1.82) is 0 Å². The minimum absolute atomic E-state index is 0.0130. The first-order valence-electron chi connectivity index (χ1n) is 6.18. The number of rotatable bonds is 5. The van der Waals surface area contributed by atoms with Gasteiger partial charge >= 0.3 is 0 Å². The van der Waals surface area contributed by atoms with Crippen molar-refractivity contribution in [2.24, 2.45) is 0 Å². The summed E-state index contributed by atoms with van der Waals surface area (Å²) in [6, 6.07) is 7.29. The van der Waals surface area contributed by atoms with Crippen molar-refractivity contribution in [2.45, 2.75) is 0 Å². The number of ether oxygens (including phenoxy) is 1. The second-order valence-corrected chi connectivity index (χ2v) is 5.18. The van der Waals surface area contributed by atoms with Gasteiger partial charge in [0.25, 0.3) is 11.6 Å². The molecule has 0 aliphatic carbocycles. The van der Waals surface area contributed by atoms with Crippen molar-refractivity contribution in [3.63, 3.8) is 0 Å². The summed E-state index contributed by atoms with van der Waals surface area (Å²) in [5, 5.41) is 13.1. The van der Waals surface area contributed by atoms with Crippen LogP contribution in [0.3, 0.4) is 0 Å². The topological polar surface area (TPSA) is 81.5 Å². The molecule has 0 bridgehead atoms. The number of nitrogens with zero attached hydrogens (tertiary/aromatic N) is 1. The number of carbonyl (C=O) groups is 1. The molecule has 120 valence electrons. The molecule has 0 saturated heterocycles. The van der Waals surface area contributed by atoms with E-state index in [4.69, 9.17) is 27.9 Å². The summed E-state index contributed by atoms with van der Waals surface area (Å²) in [7, 11) is 0. The molecular weight excluding hydrogens is 350 g/mol. The smallest absolute Gasteiger partial charge is 0.271 e. The van der Waals surface area contributed by atoms with Crippen LogP contribution in [-0.2, 0) is 4.79 Å². The van der Waals surface area contributed by atoms with E-state index in [1.807, 2.05) is 0 Å². The van der Waals surface area contributed by atoms with Crippen LogP contribution < -0.4 is 10.1 Å². The first kappa shape index (κ1) is 17.0. The molecule has 9 heteroatoms. The summed E-state index contributed by atoms with van der Waals surface area (Å²) >= 11 is 11.5. The van der Waals surface area contributed by atoms with Crippen LogP contribution in [0.25, 0.3) is 0 Å². The number of nitro groups is 1. The van der Waals surface area contributed by atoms with Crippen LogP contribution in [0.5, 0.6) is 5.75 Å². The lowest BCUT2D eigenvalue weighted by molar-refractivity contribution is -0.384. The zero-order valence-corrected chi connectivity index (χ0v) is 12.9. The van der Waals surface area contributed by atoms with E-state index >= 15 is 0 Å². The highest BCUT2D eigenvalue weighted by Gasteiger charge is 2.13. The fourth-order valence-electron chi connectivity index (χ4n) is 1.64. The van der Waals surface area contributed by atoms with Gasteiger partial charge in [0.2, 0.25) is 0 Å². The molecule has 2 aromatic rings. The van der Waals surface area contributed by atoms with Gasteiger partial charge in [-0.3, -0.25) is 14.9 Å². The van der Waals surface area contributed by atoms with E-state index in [1.54, 1.807) is 0 Å². The van der Waals surface area contributed by atoms with Gasteiger partial charge in [0.15, 0.2) is 6.61 Å². The molecule has 0 unspecified atom stereocenters. The fourth-order valence-corrected chi connectivity index (χ4v) is 2.04. The number of hydrogen-bond donors (Lipinski definition) is 1. The summed E-state index contributed by atoms with van der Waals surface area (Å²) in [4.78, 5) is 21.7. The SMILES string of the molecule is O=C(COc1ccc([N+](=O)[O-])cc1Cl)Nc1cc(Cl)ccc1F. The highest BCUT2D eigenvalue weighted by atomic mass is 35.5. The van der Waals surface area contributed by atoms with Gasteiger partial charge in [0.05, 0.1) is 15.6 Å². The second-order valence-electron chi connectivity index (χ2n) is 4.33. The Morgan fingerprint density at radius 1 is 1.26 bits per heavy atom. The summed E-state index contributed by atoms with van der Waals surface area (Å²) in [6.07, 6.45) is 0. The molecule has 0 fully saturated rings. The molecule has 0 aromatic heterocycles. The molecule has 0 saturated carbocycles. The van der Waals surface area contributed by atoms with E-state index < -0.39 is 23.3 Å². The van der Waals surface area contributed by atoms with Gasteiger partial charge in [-0.05, 0) is 24.3 Å². The molecular formula is C14H9Cl2FN2O4. The van der Waals surface area contributed by atoms with Gasteiger partial charge in [-0.2, -0.15) is 0 Å². The van der Waals surface area contributed by atoms with Crippen molar-refractivity contribution >= 4 is 40.5 Å².